The summed E-state index contributed by atoms with van der Waals surface area (Å²) in [5.41, 5.74) is 0. The van der Waals surface area contributed by atoms with Gasteiger partial charge in [0, 0.05) is 4.88 Å². The Labute approximate surface area is 75.3 Å². The summed E-state index contributed by atoms with van der Waals surface area (Å²) in [5.74, 6) is 0.795. The molecule has 66 valence electrons. The standard InChI is InChI=1S/C8H12S.2CH4/c1-7(2)6-8-4-3-5-9-8;;/h3-5,7H,6H2,1-2H3;2*1H4. The summed E-state index contributed by atoms with van der Waals surface area (Å²) in [7, 11) is 0. The molecule has 0 aliphatic rings. The fourth-order valence-electron chi connectivity index (χ4n) is 0.831. The third-order valence-electron chi connectivity index (χ3n) is 1.19. The highest BCUT2D eigenvalue weighted by Crippen LogP contribution is 2.13. The maximum Gasteiger partial charge on any atom is 0.00477 e. The molecule has 1 rings (SSSR count). The Morgan fingerprint density at radius 2 is 2.00 bits per heavy atom. The molecular weight excluding hydrogens is 152 g/mol. The normalized spacial score (nSPS) is 8.64. The predicted octanol–water partition coefficient (Wildman–Crippen LogP) is 4.22. The first-order chi connectivity index (χ1) is 4.29. The molecular formula is C10H20S. The Bertz CT molecular complexity index is 151. The lowest BCUT2D eigenvalue weighted by Crippen LogP contribution is -1.89. The minimum Gasteiger partial charge on any atom is -0.149 e. The number of hydrogen-bond acceptors (Lipinski definition) is 1. The van der Waals surface area contributed by atoms with Gasteiger partial charge in [-0.15, -0.1) is 11.3 Å². The van der Waals surface area contributed by atoms with Gasteiger partial charge in [-0.1, -0.05) is 34.8 Å². The van der Waals surface area contributed by atoms with Crippen LogP contribution < -0.4 is 0 Å². The number of hydrogen-bond donors (Lipinski definition) is 0. The van der Waals surface area contributed by atoms with Crippen LogP contribution >= 0.6 is 11.3 Å². The lowest BCUT2D eigenvalue weighted by atomic mass is 10.1. The zero-order chi connectivity index (χ0) is 6.69. The molecule has 0 aliphatic heterocycles. The summed E-state index contributed by atoms with van der Waals surface area (Å²) in [5, 5.41) is 2.14. The van der Waals surface area contributed by atoms with Gasteiger partial charge in [0.1, 0.15) is 0 Å². The van der Waals surface area contributed by atoms with Gasteiger partial charge in [0.25, 0.3) is 0 Å². The highest BCUT2D eigenvalue weighted by atomic mass is 32.1. The molecule has 0 saturated carbocycles. The average Bonchev–Trinajstić information content (AvgIpc) is 2.15. The monoisotopic (exact) mass is 172 g/mol. The summed E-state index contributed by atoms with van der Waals surface area (Å²) in [6.07, 6.45) is 1.23. The molecule has 0 unspecified atom stereocenters. The molecule has 11 heavy (non-hydrogen) atoms. The first-order valence-corrected chi connectivity index (χ1v) is 4.19. The predicted molar refractivity (Wildman–Crippen MR) is 56.3 cm³/mol. The summed E-state index contributed by atoms with van der Waals surface area (Å²) in [6, 6.07) is 4.31. The van der Waals surface area contributed by atoms with E-state index >= 15 is 0 Å². The van der Waals surface area contributed by atoms with E-state index in [-0.39, 0.29) is 14.9 Å². The third kappa shape index (κ3) is 5.02. The number of thiophene rings is 1. The second kappa shape index (κ2) is 6.41. The Hall–Kier alpha value is -0.300. The second-order valence-corrected chi connectivity index (χ2v) is 3.71. The molecule has 1 heterocycles. The van der Waals surface area contributed by atoms with Crippen LogP contribution in [0.2, 0.25) is 0 Å². The maximum absolute atomic E-state index is 2.25. The molecule has 0 atom stereocenters. The van der Waals surface area contributed by atoms with Crippen molar-refractivity contribution in [1.82, 2.24) is 0 Å². The van der Waals surface area contributed by atoms with Crippen molar-refractivity contribution in [3.63, 3.8) is 0 Å². The van der Waals surface area contributed by atoms with Gasteiger partial charge >= 0.3 is 0 Å². The van der Waals surface area contributed by atoms with Crippen LogP contribution in [-0.2, 0) is 6.42 Å². The van der Waals surface area contributed by atoms with Crippen molar-refractivity contribution in [2.24, 2.45) is 5.92 Å². The quantitative estimate of drug-likeness (QED) is 0.626. The zero-order valence-corrected chi connectivity index (χ0v) is 6.74. The Kier molecular flexibility index (Phi) is 7.75. The van der Waals surface area contributed by atoms with E-state index < -0.39 is 0 Å². The van der Waals surface area contributed by atoms with Gasteiger partial charge in [0.05, 0.1) is 0 Å². The highest BCUT2D eigenvalue weighted by molar-refractivity contribution is 7.09. The average molecular weight is 172 g/mol. The molecule has 1 aromatic rings. The summed E-state index contributed by atoms with van der Waals surface area (Å²) < 4.78 is 0. The first-order valence-electron chi connectivity index (χ1n) is 3.31. The molecule has 0 amide bonds. The number of rotatable bonds is 2. The first kappa shape index (κ1) is 13.3. The molecule has 0 bridgehead atoms. The van der Waals surface area contributed by atoms with E-state index in [0.29, 0.717) is 0 Å². The van der Waals surface area contributed by atoms with E-state index in [1.807, 2.05) is 11.3 Å². The molecule has 0 radical (unpaired) electrons. The highest BCUT2D eigenvalue weighted by Gasteiger charge is 1.95. The molecule has 0 aromatic carbocycles. The molecule has 0 aliphatic carbocycles. The lowest BCUT2D eigenvalue weighted by Gasteiger charge is -1.98. The van der Waals surface area contributed by atoms with Crippen LogP contribution in [0.5, 0.6) is 0 Å². The van der Waals surface area contributed by atoms with E-state index in [9.17, 15) is 0 Å². The van der Waals surface area contributed by atoms with Crippen LogP contribution in [-0.4, -0.2) is 0 Å². The molecule has 0 saturated heterocycles. The fraction of sp³-hybridized carbons (Fsp3) is 0.600. The minimum atomic E-state index is 0. The van der Waals surface area contributed by atoms with Gasteiger partial charge in [0.15, 0.2) is 0 Å². The van der Waals surface area contributed by atoms with Crippen LogP contribution in [0, 0.1) is 5.92 Å². The largest absolute Gasteiger partial charge is 0.149 e. The van der Waals surface area contributed by atoms with E-state index in [2.05, 4.69) is 31.4 Å². The van der Waals surface area contributed by atoms with E-state index in [4.69, 9.17) is 0 Å². The lowest BCUT2D eigenvalue weighted by molar-refractivity contribution is 0.654. The van der Waals surface area contributed by atoms with Gasteiger partial charge in [-0.25, -0.2) is 0 Å². The zero-order valence-electron chi connectivity index (χ0n) is 5.92. The van der Waals surface area contributed by atoms with Crippen molar-refractivity contribution in [3.05, 3.63) is 22.4 Å². The Morgan fingerprint density at radius 1 is 1.36 bits per heavy atom. The van der Waals surface area contributed by atoms with Crippen molar-refractivity contribution >= 4 is 11.3 Å². The van der Waals surface area contributed by atoms with Crippen molar-refractivity contribution in [2.75, 3.05) is 0 Å². The molecule has 0 spiro atoms. The van der Waals surface area contributed by atoms with Crippen molar-refractivity contribution < 1.29 is 0 Å². The van der Waals surface area contributed by atoms with Crippen LogP contribution in [0.1, 0.15) is 33.6 Å². The topological polar surface area (TPSA) is 0 Å². The van der Waals surface area contributed by atoms with Gasteiger partial charge in [-0.3, -0.25) is 0 Å². The van der Waals surface area contributed by atoms with Crippen LogP contribution in [0.3, 0.4) is 0 Å². The van der Waals surface area contributed by atoms with E-state index in [0.717, 1.165) is 5.92 Å². The van der Waals surface area contributed by atoms with Gasteiger partial charge in [0.2, 0.25) is 0 Å². The van der Waals surface area contributed by atoms with Crippen LogP contribution in [0.4, 0.5) is 0 Å². The summed E-state index contributed by atoms with van der Waals surface area (Å²) >= 11 is 1.85. The SMILES string of the molecule is C.C.CC(C)Cc1cccs1. The van der Waals surface area contributed by atoms with Crippen molar-refractivity contribution in [3.8, 4) is 0 Å². The molecule has 0 N–H and O–H groups in total. The fourth-order valence-corrected chi connectivity index (χ4v) is 1.75. The maximum atomic E-state index is 2.25. The van der Waals surface area contributed by atoms with Crippen LogP contribution in [0.25, 0.3) is 0 Å². The molecule has 1 aromatic heterocycles. The Morgan fingerprint density at radius 3 is 2.36 bits per heavy atom. The Balaban J connectivity index is 0. The van der Waals surface area contributed by atoms with Gasteiger partial charge in [-0.05, 0) is 23.8 Å². The summed E-state index contributed by atoms with van der Waals surface area (Å²) in [6.45, 7) is 4.50. The van der Waals surface area contributed by atoms with Crippen molar-refractivity contribution in [2.45, 2.75) is 35.1 Å². The van der Waals surface area contributed by atoms with E-state index in [1.165, 1.54) is 11.3 Å². The molecule has 0 nitrogen and oxygen atoms in total. The van der Waals surface area contributed by atoms with Crippen LogP contribution in [0.15, 0.2) is 17.5 Å². The van der Waals surface area contributed by atoms with Gasteiger partial charge in [-0.2, -0.15) is 0 Å². The second-order valence-electron chi connectivity index (χ2n) is 2.68. The van der Waals surface area contributed by atoms with Crippen molar-refractivity contribution in [1.29, 1.82) is 0 Å². The minimum absolute atomic E-state index is 0. The molecule has 1 heteroatoms. The van der Waals surface area contributed by atoms with Gasteiger partial charge < -0.3 is 0 Å². The summed E-state index contributed by atoms with van der Waals surface area (Å²) in [4.78, 5) is 1.50. The molecule has 0 fully saturated rings. The smallest absolute Gasteiger partial charge is 0.00477 e. The third-order valence-corrected chi connectivity index (χ3v) is 2.09. The van der Waals surface area contributed by atoms with E-state index in [1.54, 1.807) is 0 Å².